The van der Waals surface area contributed by atoms with Crippen LogP contribution in [0.5, 0.6) is 0 Å². The fourth-order valence-corrected chi connectivity index (χ4v) is 3.57. The van der Waals surface area contributed by atoms with Gasteiger partial charge in [-0.15, -0.1) is 11.8 Å². The van der Waals surface area contributed by atoms with E-state index in [1.807, 2.05) is 12.1 Å². The summed E-state index contributed by atoms with van der Waals surface area (Å²) < 4.78 is 13.5. The number of halogens is 1. The normalized spacial score (nSPS) is 19.4. The lowest BCUT2D eigenvalue weighted by atomic mass is 10.0. The molecule has 0 bridgehead atoms. The molecule has 1 aliphatic rings. The van der Waals surface area contributed by atoms with Gasteiger partial charge < -0.3 is 10.2 Å². The van der Waals surface area contributed by atoms with Gasteiger partial charge in [0.1, 0.15) is 5.82 Å². The molecule has 1 aromatic carbocycles. The van der Waals surface area contributed by atoms with Crippen molar-refractivity contribution in [3.63, 3.8) is 0 Å². The van der Waals surface area contributed by atoms with E-state index in [1.165, 1.54) is 25.3 Å². The van der Waals surface area contributed by atoms with Crippen LogP contribution in [0.1, 0.15) is 26.2 Å². The Bertz CT molecular complexity index is 394. The summed E-state index contributed by atoms with van der Waals surface area (Å²) in [7, 11) is 0. The van der Waals surface area contributed by atoms with E-state index in [0.29, 0.717) is 6.04 Å². The zero-order chi connectivity index (χ0) is 14.2. The number of nitrogens with one attached hydrogen (secondary N) is 1. The summed E-state index contributed by atoms with van der Waals surface area (Å²) in [5, 5.41) is 3.59. The smallest absolute Gasteiger partial charge is 0.136 e. The van der Waals surface area contributed by atoms with Gasteiger partial charge in [0.25, 0.3) is 0 Å². The average molecular weight is 296 g/mol. The minimum Gasteiger partial charge on any atom is -0.313 e. The standard InChI is InChI=1S/C16H25FN2S/c1-2-19(13-14-7-5-6-10-18-14)11-12-20-16-9-4-3-8-15(16)17/h3-4,8-9,14,18H,2,5-7,10-13H2,1H3. The van der Waals surface area contributed by atoms with Crippen molar-refractivity contribution < 1.29 is 4.39 Å². The highest BCUT2D eigenvalue weighted by atomic mass is 32.2. The Morgan fingerprint density at radius 2 is 2.20 bits per heavy atom. The molecule has 112 valence electrons. The molecular formula is C16H25FN2S. The lowest BCUT2D eigenvalue weighted by Crippen LogP contribution is -2.44. The highest BCUT2D eigenvalue weighted by Crippen LogP contribution is 2.21. The van der Waals surface area contributed by atoms with Gasteiger partial charge in [0.2, 0.25) is 0 Å². The van der Waals surface area contributed by atoms with Crippen molar-refractivity contribution in [2.45, 2.75) is 37.1 Å². The van der Waals surface area contributed by atoms with Crippen LogP contribution < -0.4 is 5.32 Å². The Kier molecular flexibility index (Phi) is 6.83. The molecule has 1 aromatic rings. The molecule has 1 saturated heterocycles. The molecule has 2 nitrogen and oxygen atoms in total. The second-order valence-electron chi connectivity index (χ2n) is 5.32. The number of hydrogen-bond donors (Lipinski definition) is 1. The second-order valence-corrected chi connectivity index (χ2v) is 6.46. The van der Waals surface area contributed by atoms with Crippen LogP contribution in [-0.4, -0.2) is 42.9 Å². The van der Waals surface area contributed by atoms with Crippen LogP contribution in [0, 0.1) is 5.82 Å². The minimum absolute atomic E-state index is 0.102. The summed E-state index contributed by atoms with van der Waals surface area (Å²) in [6, 6.07) is 7.67. The van der Waals surface area contributed by atoms with Crippen molar-refractivity contribution in [1.82, 2.24) is 10.2 Å². The molecular weight excluding hydrogens is 271 g/mol. The van der Waals surface area contributed by atoms with Gasteiger partial charge in [-0.25, -0.2) is 4.39 Å². The third-order valence-electron chi connectivity index (χ3n) is 3.84. The summed E-state index contributed by atoms with van der Waals surface area (Å²) in [6.07, 6.45) is 3.95. The van der Waals surface area contributed by atoms with Gasteiger partial charge in [-0.1, -0.05) is 25.5 Å². The average Bonchev–Trinajstić information content (AvgIpc) is 2.49. The van der Waals surface area contributed by atoms with Crippen molar-refractivity contribution in [3.05, 3.63) is 30.1 Å². The molecule has 1 heterocycles. The molecule has 1 aliphatic heterocycles. The van der Waals surface area contributed by atoms with Crippen molar-refractivity contribution in [3.8, 4) is 0 Å². The largest absolute Gasteiger partial charge is 0.313 e. The van der Waals surface area contributed by atoms with Crippen LogP contribution >= 0.6 is 11.8 Å². The lowest BCUT2D eigenvalue weighted by Gasteiger charge is -2.29. The molecule has 0 radical (unpaired) electrons. The number of likely N-dealkylation sites (N-methyl/N-ethyl adjacent to an activating group) is 1. The Morgan fingerprint density at radius 3 is 2.90 bits per heavy atom. The van der Waals surface area contributed by atoms with Crippen LogP contribution in [0.4, 0.5) is 4.39 Å². The van der Waals surface area contributed by atoms with E-state index >= 15 is 0 Å². The Balaban J connectivity index is 1.72. The number of nitrogens with zero attached hydrogens (tertiary/aromatic N) is 1. The zero-order valence-electron chi connectivity index (χ0n) is 12.3. The highest BCUT2D eigenvalue weighted by molar-refractivity contribution is 7.99. The predicted octanol–water partition coefficient (Wildman–Crippen LogP) is 3.38. The first-order chi connectivity index (χ1) is 9.79. The fraction of sp³-hybridized carbons (Fsp3) is 0.625. The minimum atomic E-state index is -0.102. The molecule has 20 heavy (non-hydrogen) atoms. The maximum absolute atomic E-state index is 13.5. The van der Waals surface area contributed by atoms with Gasteiger partial charge in [0.15, 0.2) is 0 Å². The molecule has 1 N–H and O–H groups in total. The van der Waals surface area contributed by atoms with E-state index in [1.54, 1.807) is 17.8 Å². The maximum Gasteiger partial charge on any atom is 0.136 e. The van der Waals surface area contributed by atoms with E-state index in [0.717, 1.165) is 36.8 Å². The monoisotopic (exact) mass is 296 g/mol. The Morgan fingerprint density at radius 1 is 1.35 bits per heavy atom. The molecule has 1 atom stereocenters. The topological polar surface area (TPSA) is 15.3 Å². The molecule has 0 saturated carbocycles. The predicted molar refractivity (Wildman–Crippen MR) is 84.9 cm³/mol. The first-order valence-corrected chi connectivity index (χ1v) is 8.61. The SMILES string of the molecule is CCN(CCSc1ccccc1F)CC1CCCCN1. The number of rotatable bonds is 7. The van der Waals surface area contributed by atoms with Gasteiger partial charge in [-0.3, -0.25) is 0 Å². The van der Waals surface area contributed by atoms with Gasteiger partial charge >= 0.3 is 0 Å². The first-order valence-electron chi connectivity index (χ1n) is 7.62. The van der Waals surface area contributed by atoms with Crippen molar-refractivity contribution in [1.29, 1.82) is 0 Å². The lowest BCUT2D eigenvalue weighted by molar-refractivity contribution is 0.244. The van der Waals surface area contributed by atoms with Crippen molar-refractivity contribution in [2.24, 2.45) is 0 Å². The van der Waals surface area contributed by atoms with E-state index in [-0.39, 0.29) is 5.82 Å². The second kappa shape index (κ2) is 8.65. The van der Waals surface area contributed by atoms with E-state index in [2.05, 4.69) is 17.1 Å². The van der Waals surface area contributed by atoms with Crippen LogP contribution in [-0.2, 0) is 0 Å². The fourth-order valence-electron chi connectivity index (χ4n) is 2.62. The van der Waals surface area contributed by atoms with Crippen LogP contribution in [0.2, 0.25) is 0 Å². The molecule has 4 heteroatoms. The van der Waals surface area contributed by atoms with Gasteiger partial charge in [0.05, 0.1) is 0 Å². The first kappa shape index (κ1) is 15.8. The number of benzene rings is 1. The van der Waals surface area contributed by atoms with Gasteiger partial charge in [-0.2, -0.15) is 0 Å². The zero-order valence-corrected chi connectivity index (χ0v) is 13.1. The van der Waals surface area contributed by atoms with E-state index in [9.17, 15) is 4.39 Å². The van der Waals surface area contributed by atoms with Crippen molar-refractivity contribution in [2.75, 3.05) is 31.9 Å². The summed E-state index contributed by atoms with van der Waals surface area (Å²) >= 11 is 1.62. The number of hydrogen-bond acceptors (Lipinski definition) is 3. The molecule has 1 fully saturated rings. The van der Waals surface area contributed by atoms with Crippen LogP contribution in [0.3, 0.4) is 0 Å². The Labute approximate surface area is 126 Å². The third kappa shape index (κ3) is 5.08. The van der Waals surface area contributed by atoms with Gasteiger partial charge in [0, 0.05) is 29.8 Å². The summed E-state index contributed by atoms with van der Waals surface area (Å²) in [5.41, 5.74) is 0. The van der Waals surface area contributed by atoms with Crippen LogP contribution in [0.15, 0.2) is 29.2 Å². The van der Waals surface area contributed by atoms with E-state index in [4.69, 9.17) is 0 Å². The molecule has 0 amide bonds. The van der Waals surface area contributed by atoms with Gasteiger partial charge in [-0.05, 0) is 38.1 Å². The third-order valence-corrected chi connectivity index (χ3v) is 4.87. The summed E-state index contributed by atoms with van der Waals surface area (Å²) in [6.45, 7) is 6.57. The van der Waals surface area contributed by atoms with Crippen molar-refractivity contribution >= 4 is 11.8 Å². The molecule has 0 aliphatic carbocycles. The quantitative estimate of drug-likeness (QED) is 0.777. The number of piperidine rings is 1. The van der Waals surface area contributed by atoms with E-state index < -0.39 is 0 Å². The molecule has 0 spiro atoms. The summed E-state index contributed by atoms with van der Waals surface area (Å²) in [5.74, 6) is 0.844. The molecule has 0 aromatic heterocycles. The maximum atomic E-state index is 13.5. The molecule has 2 rings (SSSR count). The molecule has 1 unspecified atom stereocenters. The highest BCUT2D eigenvalue weighted by Gasteiger charge is 2.15. The summed E-state index contributed by atoms with van der Waals surface area (Å²) in [4.78, 5) is 3.23. The number of thioether (sulfide) groups is 1. The van der Waals surface area contributed by atoms with Crippen LogP contribution in [0.25, 0.3) is 0 Å². The Hall–Kier alpha value is -0.580.